The first-order chi connectivity index (χ1) is 16.0. The number of pyridine rings is 1. The van der Waals surface area contributed by atoms with E-state index in [0.29, 0.717) is 5.57 Å². The first kappa shape index (κ1) is 22.7. The van der Waals surface area contributed by atoms with Crippen molar-refractivity contribution in [2.45, 2.75) is 39.2 Å². The molecule has 0 radical (unpaired) electrons. The van der Waals surface area contributed by atoms with Gasteiger partial charge in [0.25, 0.3) is 0 Å². The van der Waals surface area contributed by atoms with Gasteiger partial charge >= 0.3 is 5.97 Å². The Balaban J connectivity index is 1.68. The Morgan fingerprint density at radius 1 is 1.21 bits per heavy atom. The van der Waals surface area contributed by atoms with E-state index in [1.807, 2.05) is 56.5 Å². The number of rotatable bonds is 5. The maximum atomic E-state index is 12.8. The van der Waals surface area contributed by atoms with E-state index in [4.69, 9.17) is 9.72 Å². The minimum atomic E-state index is -0.277. The van der Waals surface area contributed by atoms with Crippen molar-refractivity contribution < 1.29 is 9.53 Å². The molecule has 5 nitrogen and oxygen atoms in total. The van der Waals surface area contributed by atoms with E-state index in [2.05, 4.69) is 35.4 Å². The minimum absolute atomic E-state index is 0.0256. The molecule has 1 fully saturated rings. The molecular formula is C28H31N3O2. The number of carbonyl (C=O) groups excluding carboxylic acids is 1. The summed E-state index contributed by atoms with van der Waals surface area (Å²) in [5.74, 6) is -0.277. The largest absolute Gasteiger partial charge is 0.459 e. The molecule has 0 bridgehead atoms. The molecule has 0 spiro atoms. The highest BCUT2D eigenvalue weighted by Gasteiger charge is 2.19. The molecule has 33 heavy (non-hydrogen) atoms. The fourth-order valence-electron chi connectivity index (χ4n) is 4.16. The molecule has 2 aliphatic heterocycles. The molecule has 1 aromatic heterocycles. The second kappa shape index (κ2) is 10.5. The molecule has 0 aliphatic carbocycles. The number of hydrogen-bond acceptors (Lipinski definition) is 5. The van der Waals surface area contributed by atoms with Crippen LogP contribution in [0.4, 0.5) is 0 Å². The van der Waals surface area contributed by atoms with Gasteiger partial charge in [0.15, 0.2) is 0 Å². The second-order valence-electron chi connectivity index (χ2n) is 8.43. The third-order valence-electron chi connectivity index (χ3n) is 6.03. The molecule has 3 heterocycles. The van der Waals surface area contributed by atoms with Crippen LogP contribution in [-0.2, 0) is 9.53 Å². The average Bonchev–Trinajstić information content (AvgIpc) is 2.84. The molecule has 2 N–H and O–H groups in total. The molecule has 0 unspecified atom stereocenters. The first-order valence-electron chi connectivity index (χ1n) is 11.5. The van der Waals surface area contributed by atoms with Gasteiger partial charge in [-0.3, -0.25) is 4.98 Å². The number of aryl methyl sites for hydroxylation is 1. The zero-order valence-electron chi connectivity index (χ0n) is 19.4. The van der Waals surface area contributed by atoms with Crippen molar-refractivity contribution in [3.63, 3.8) is 0 Å². The van der Waals surface area contributed by atoms with Gasteiger partial charge < -0.3 is 15.4 Å². The Hall–Kier alpha value is -3.44. The van der Waals surface area contributed by atoms with E-state index in [9.17, 15) is 4.79 Å². The third-order valence-corrected chi connectivity index (χ3v) is 6.03. The van der Waals surface area contributed by atoms with Crippen molar-refractivity contribution in [1.82, 2.24) is 15.6 Å². The maximum Gasteiger partial charge on any atom is 0.338 e. The number of hydrogen-bond donors (Lipinski definition) is 2. The van der Waals surface area contributed by atoms with Gasteiger partial charge in [-0.25, -0.2) is 4.79 Å². The van der Waals surface area contributed by atoms with Gasteiger partial charge in [-0.2, -0.15) is 0 Å². The van der Waals surface area contributed by atoms with Crippen molar-refractivity contribution >= 4 is 29.9 Å². The number of piperidine rings is 1. The summed E-state index contributed by atoms with van der Waals surface area (Å²) >= 11 is 0. The van der Waals surface area contributed by atoms with E-state index in [1.165, 1.54) is 0 Å². The summed E-state index contributed by atoms with van der Waals surface area (Å²) < 4.78 is 5.75. The van der Waals surface area contributed by atoms with Crippen LogP contribution >= 0.6 is 0 Å². The Labute approximate surface area is 195 Å². The summed E-state index contributed by atoms with van der Waals surface area (Å²) in [5.41, 5.74) is 5.67. The highest BCUT2D eigenvalue weighted by molar-refractivity contribution is 5.97. The van der Waals surface area contributed by atoms with Crippen molar-refractivity contribution in [2.24, 2.45) is 0 Å². The van der Waals surface area contributed by atoms with Crippen LogP contribution in [0.1, 0.15) is 43.1 Å². The van der Waals surface area contributed by atoms with E-state index >= 15 is 0 Å². The topological polar surface area (TPSA) is 63.2 Å². The van der Waals surface area contributed by atoms with Crippen molar-refractivity contribution in [3.05, 3.63) is 87.7 Å². The molecule has 2 aromatic rings. The summed E-state index contributed by atoms with van der Waals surface area (Å²) in [6, 6.07) is 12.2. The van der Waals surface area contributed by atoms with Crippen molar-refractivity contribution in [2.75, 3.05) is 13.1 Å². The lowest BCUT2D eigenvalue weighted by Crippen LogP contribution is -2.34. The van der Waals surface area contributed by atoms with Gasteiger partial charge in [-0.15, -0.1) is 0 Å². The predicted octanol–water partition coefficient (Wildman–Crippen LogP) is 3.20. The summed E-state index contributed by atoms with van der Waals surface area (Å²) in [4.78, 5) is 17.5. The number of allylic oxidation sites excluding steroid dienone is 3. The molecular weight excluding hydrogens is 410 g/mol. The highest BCUT2D eigenvalue weighted by atomic mass is 16.5. The molecule has 2 aliphatic rings. The van der Waals surface area contributed by atoms with Gasteiger partial charge in [0, 0.05) is 5.69 Å². The number of dihydropyridines is 1. The van der Waals surface area contributed by atoms with Gasteiger partial charge in [0.2, 0.25) is 0 Å². The van der Waals surface area contributed by atoms with Gasteiger partial charge in [-0.05, 0) is 98.2 Å². The molecule has 5 heteroatoms. The zero-order valence-corrected chi connectivity index (χ0v) is 19.4. The van der Waals surface area contributed by atoms with Crippen molar-refractivity contribution in [3.8, 4) is 0 Å². The van der Waals surface area contributed by atoms with E-state index in [-0.39, 0.29) is 12.1 Å². The van der Waals surface area contributed by atoms with Gasteiger partial charge in [0.1, 0.15) is 6.10 Å². The lowest BCUT2D eigenvalue weighted by atomic mass is 9.95. The molecule has 0 amide bonds. The van der Waals surface area contributed by atoms with E-state index in [1.54, 1.807) is 0 Å². The number of nitrogens with one attached hydrogen (secondary N) is 2. The number of benzene rings is 1. The van der Waals surface area contributed by atoms with E-state index in [0.717, 1.165) is 71.0 Å². The Bertz CT molecular complexity index is 1230. The summed E-state index contributed by atoms with van der Waals surface area (Å²) in [7, 11) is 0. The SMILES string of the molecule is C=c1ccc(C2=C(c3cccc(C)n3)NC=CC2)c/c1=C/C(=C\C)C(=O)OC1CCNCC1. The lowest BCUT2D eigenvalue weighted by molar-refractivity contribution is -0.144. The molecule has 170 valence electrons. The van der Waals surface area contributed by atoms with Crippen LogP contribution in [0, 0.1) is 6.92 Å². The van der Waals surface area contributed by atoms with Crippen molar-refractivity contribution in [1.29, 1.82) is 0 Å². The van der Waals surface area contributed by atoms with Crippen LogP contribution in [0.3, 0.4) is 0 Å². The average molecular weight is 442 g/mol. The molecule has 0 saturated carbocycles. The van der Waals surface area contributed by atoms with Crippen LogP contribution in [0.2, 0.25) is 0 Å². The highest BCUT2D eigenvalue weighted by Crippen LogP contribution is 2.28. The van der Waals surface area contributed by atoms with Crippen LogP contribution in [0.15, 0.2) is 60.3 Å². The lowest BCUT2D eigenvalue weighted by Gasteiger charge is -2.22. The van der Waals surface area contributed by atoms with Gasteiger partial charge in [0.05, 0.1) is 17.0 Å². The monoisotopic (exact) mass is 441 g/mol. The summed E-state index contributed by atoms with van der Waals surface area (Å²) in [5, 5.41) is 8.44. The molecule has 4 rings (SSSR count). The molecule has 1 aromatic carbocycles. The number of esters is 1. The minimum Gasteiger partial charge on any atom is -0.459 e. The standard InChI is InChI=1S/C28H31N3O2/c1-4-21(28(32)33-24-12-15-29-16-13-24)17-23-18-22(11-10-19(23)2)25-8-6-14-30-27(25)26-9-5-7-20(3)31-26/h4-7,9-11,14,17-18,24,29-30H,2,8,12-13,15-16H2,1,3H3/b21-4+,23-17-. The zero-order chi connectivity index (χ0) is 23.2. The molecule has 1 saturated heterocycles. The Morgan fingerprint density at radius 3 is 2.79 bits per heavy atom. The fraction of sp³-hybridized carbons (Fsp3) is 0.286. The number of ether oxygens (including phenoxy) is 1. The number of aromatic nitrogens is 1. The first-order valence-corrected chi connectivity index (χ1v) is 11.5. The Morgan fingerprint density at radius 2 is 2.03 bits per heavy atom. The third kappa shape index (κ3) is 5.49. The number of carbonyl (C=O) groups is 1. The maximum absolute atomic E-state index is 12.8. The van der Waals surface area contributed by atoms with Crippen LogP contribution in [0.5, 0.6) is 0 Å². The summed E-state index contributed by atoms with van der Waals surface area (Å²) in [6.07, 6.45) is 10.2. The van der Waals surface area contributed by atoms with E-state index < -0.39 is 0 Å². The second-order valence-corrected chi connectivity index (χ2v) is 8.43. The fourth-order valence-corrected chi connectivity index (χ4v) is 4.16. The summed E-state index contributed by atoms with van der Waals surface area (Å²) in [6.45, 7) is 9.80. The van der Waals surface area contributed by atoms with Crippen LogP contribution in [-0.4, -0.2) is 30.1 Å². The normalized spacial score (nSPS) is 17.8. The predicted molar refractivity (Wildman–Crippen MR) is 134 cm³/mol. The van der Waals surface area contributed by atoms with Crippen LogP contribution in [0.25, 0.3) is 23.9 Å². The molecule has 0 atom stereocenters. The smallest absolute Gasteiger partial charge is 0.338 e. The quantitative estimate of drug-likeness (QED) is 0.551. The van der Waals surface area contributed by atoms with Gasteiger partial charge in [-0.1, -0.05) is 36.9 Å². The number of nitrogens with zero attached hydrogens (tertiary/aromatic N) is 1. The van der Waals surface area contributed by atoms with Crippen LogP contribution < -0.4 is 21.1 Å². The Kier molecular flexibility index (Phi) is 7.20.